The molecule has 0 N–H and O–H groups in total. The Labute approximate surface area is 194 Å². The van der Waals surface area contributed by atoms with Crippen molar-refractivity contribution in [2.24, 2.45) is 0 Å². The Kier molecular flexibility index (Phi) is 9.59. The van der Waals surface area contributed by atoms with Gasteiger partial charge in [0.25, 0.3) is 0 Å². The normalized spacial score (nSPS) is 13.3. The summed E-state index contributed by atoms with van der Waals surface area (Å²) in [7, 11) is 0. The monoisotopic (exact) mass is 432 g/mol. The van der Waals surface area contributed by atoms with Gasteiger partial charge in [0.15, 0.2) is 0 Å². The van der Waals surface area contributed by atoms with Crippen LogP contribution in [-0.2, 0) is 9.53 Å². The first-order chi connectivity index (χ1) is 15.7. The van der Waals surface area contributed by atoms with Gasteiger partial charge in [0.1, 0.15) is 0 Å². The number of allylic oxidation sites excluding steroid dienone is 2. The highest BCUT2D eigenvalue weighted by molar-refractivity contribution is 6.14. The van der Waals surface area contributed by atoms with Gasteiger partial charge in [-0.15, -0.1) is 0 Å². The lowest BCUT2D eigenvalue weighted by atomic mass is 9.90. The van der Waals surface area contributed by atoms with Gasteiger partial charge in [-0.3, -0.25) is 0 Å². The van der Waals surface area contributed by atoms with Gasteiger partial charge >= 0.3 is 5.97 Å². The zero-order valence-electron chi connectivity index (χ0n) is 20.3. The number of esters is 1. The second-order valence-corrected chi connectivity index (χ2v) is 9.06. The number of benzene rings is 2. The molecule has 0 aliphatic heterocycles. The second-order valence-electron chi connectivity index (χ2n) is 9.06. The van der Waals surface area contributed by atoms with Crippen molar-refractivity contribution in [1.82, 2.24) is 0 Å². The molecule has 0 saturated heterocycles. The number of rotatable bonds is 14. The Morgan fingerprint density at radius 1 is 0.812 bits per heavy atom. The van der Waals surface area contributed by atoms with Crippen LogP contribution in [0.2, 0.25) is 0 Å². The van der Waals surface area contributed by atoms with Gasteiger partial charge in [-0.25, -0.2) is 4.79 Å². The molecule has 2 heteroatoms. The predicted molar refractivity (Wildman–Crippen MR) is 138 cm³/mol. The number of unbranched alkanes of at least 4 members (excludes halogenated alkanes) is 9. The van der Waals surface area contributed by atoms with E-state index in [-0.39, 0.29) is 5.97 Å². The van der Waals surface area contributed by atoms with Crippen molar-refractivity contribution < 1.29 is 9.53 Å². The van der Waals surface area contributed by atoms with Gasteiger partial charge in [-0.05, 0) is 65.8 Å². The molecular formula is C30H40O2. The third kappa shape index (κ3) is 6.12. The summed E-state index contributed by atoms with van der Waals surface area (Å²) in [4.78, 5) is 12.6. The molecule has 0 spiro atoms. The largest absolute Gasteiger partial charge is 0.463 e. The molecule has 0 saturated carbocycles. The van der Waals surface area contributed by atoms with E-state index in [2.05, 4.69) is 49.4 Å². The van der Waals surface area contributed by atoms with Crippen LogP contribution >= 0.6 is 0 Å². The summed E-state index contributed by atoms with van der Waals surface area (Å²) in [6, 6.07) is 13.0. The first-order valence-electron chi connectivity index (χ1n) is 12.8. The number of ether oxygens (including phenoxy) is 1. The van der Waals surface area contributed by atoms with Crippen molar-refractivity contribution >= 4 is 28.4 Å². The Hall–Kier alpha value is -2.35. The fraction of sp³-hybridized carbons (Fsp3) is 0.500. The Morgan fingerprint density at radius 2 is 1.44 bits per heavy atom. The summed E-state index contributed by atoms with van der Waals surface area (Å²) in [5.74, 6) is -0.182. The van der Waals surface area contributed by atoms with Crippen LogP contribution in [0.4, 0.5) is 0 Å². The number of hydrogen-bond donors (Lipinski definition) is 0. The van der Waals surface area contributed by atoms with E-state index in [1.165, 1.54) is 85.3 Å². The highest BCUT2D eigenvalue weighted by Gasteiger charge is 2.22. The Morgan fingerprint density at radius 3 is 2.09 bits per heavy atom. The first kappa shape index (κ1) is 24.3. The number of carbonyl (C=O) groups is 1. The van der Waals surface area contributed by atoms with E-state index in [0.717, 1.165) is 24.0 Å². The lowest BCUT2D eigenvalue weighted by Crippen LogP contribution is -2.09. The molecule has 0 atom stereocenters. The molecule has 0 heterocycles. The summed E-state index contributed by atoms with van der Waals surface area (Å²) >= 11 is 0. The van der Waals surface area contributed by atoms with E-state index in [9.17, 15) is 4.79 Å². The van der Waals surface area contributed by atoms with E-state index in [1.54, 1.807) is 0 Å². The third-order valence-corrected chi connectivity index (χ3v) is 6.67. The molecule has 0 amide bonds. The van der Waals surface area contributed by atoms with Crippen LogP contribution in [0.1, 0.15) is 103 Å². The molecule has 0 unspecified atom stereocenters. The fourth-order valence-electron chi connectivity index (χ4n) is 4.87. The topological polar surface area (TPSA) is 26.3 Å². The van der Waals surface area contributed by atoms with Gasteiger partial charge in [-0.1, -0.05) is 101 Å². The molecule has 2 nitrogen and oxygen atoms in total. The Bertz CT molecular complexity index is 959. The fourth-order valence-corrected chi connectivity index (χ4v) is 4.87. The lowest BCUT2D eigenvalue weighted by Gasteiger charge is -2.15. The minimum atomic E-state index is -0.182. The Balaban J connectivity index is 1.65. The average molecular weight is 433 g/mol. The van der Waals surface area contributed by atoms with Gasteiger partial charge in [-0.2, -0.15) is 0 Å². The summed E-state index contributed by atoms with van der Waals surface area (Å²) in [5, 5.41) is 2.57. The summed E-state index contributed by atoms with van der Waals surface area (Å²) < 4.78 is 5.37. The van der Waals surface area contributed by atoms with Crippen LogP contribution in [0, 0.1) is 0 Å². The lowest BCUT2D eigenvalue weighted by molar-refractivity contribution is -0.138. The molecule has 0 fully saturated rings. The van der Waals surface area contributed by atoms with Gasteiger partial charge in [0.2, 0.25) is 0 Å². The molecule has 0 radical (unpaired) electrons. The molecule has 32 heavy (non-hydrogen) atoms. The highest BCUT2D eigenvalue weighted by atomic mass is 16.5. The molecule has 172 valence electrons. The zero-order valence-corrected chi connectivity index (χ0v) is 20.3. The third-order valence-electron chi connectivity index (χ3n) is 6.67. The maximum Gasteiger partial charge on any atom is 0.333 e. The van der Waals surface area contributed by atoms with Crippen LogP contribution < -0.4 is 0 Å². The summed E-state index contributed by atoms with van der Waals surface area (Å²) in [6.45, 7) is 6.50. The van der Waals surface area contributed by atoms with Crippen LogP contribution in [0.3, 0.4) is 0 Å². The van der Waals surface area contributed by atoms with Crippen molar-refractivity contribution in [1.29, 1.82) is 0 Å². The molecule has 2 aromatic rings. The van der Waals surface area contributed by atoms with Crippen molar-refractivity contribution in [2.75, 3.05) is 6.61 Å². The number of hydrogen-bond acceptors (Lipinski definition) is 2. The van der Waals surface area contributed by atoms with Gasteiger partial charge in [0.05, 0.1) is 6.61 Å². The van der Waals surface area contributed by atoms with Gasteiger partial charge < -0.3 is 4.74 Å². The molecular weight excluding hydrogens is 392 g/mol. The standard InChI is InChI=1S/C30H40O2/c1-4-6-7-8-9-10-11-12-13-14-20-26(23(3)30(31)32-5-2)28-22-25-19-15-17-24-18-16-21-27(28)29(24)25/h15-19,21-22H,4-14,20H2,1-3H3. The highest BCUT2D eigenvalue weighted by Crippen LogP contribution is 2.42. The maximum atomic E-state index is 12.6. The van der Waals surface area contributed by atoms with Crippen LogP contribution in [0.5, 0.6) is 0 Å². The van der Waals surface area contributed by atoms with E-state index in [4.69, 9.17) is 4.74 Å². The molecule has 1 aliphatic rings. The quantitative estimate of drug-likeness (QED) is 0.169. The molecule has 1 aliphatic carbocycles. The van der Waals surface area contributed by atoms with Crippen LogP contribution in [0.15, 0.2) is 47.5 Å². The molecule has 0 bridgehead atoms. The SMILES string of the molecule is CCCCCCCCCCCCC(C1=Cc2cccc3cccc1c23)=C(C)C(=O)OCC. The summed E-state index contributed by atoms with van der Waals surface area (Å²) in [5.41, 5.74) is 5.64. The van der Waals surface area contributed by atoms with Crippen molar-refractivity contribution in [3.63, 3.8) is 0 Å². The van der Waals surface area contributed by atoms with Crippen LogP contribution in [-0.4, -0.2) is 12.6 Å². The molecule has 3 rings (SSSR count). The van der Waals surface area contributed by atoms with Gasteiger partial charge in [0, 0.05) is 5.57 Å². The minimum Gasteiger partial charge on any atom is -0.463 e. The van der Waals surface area contributed by atoms with E-state index < -0.39 is 0 Å². The van der Waals surface area contributed by atoms with Crippen LogP contribution in [0.25, 0.3) is 22.4 Å². The van der Waals surface area contributed by atoms with Crippen molar-refractivity contribution in [2.45, 2.75) is 91.4 Å². The number of carbonyl (C=O) groups excluding carboxylic acids is 1. The molecule has 2 aromatic carbocycles. The van der Waals surface area contributed by atoms with E-state index >= 15 is 0 Å². The first-order valence-corrected chi connectivity index (χ1v) is 12.8. The van der Waals surface area contributed by atoms with E-state index in [0.29, 0.717) is 6.61 Å². The summed E-state index contributed by atoms with van der Waals surface area (Å²) in [6.07, 6.45) is 16.4. The van der Waals surface area contributed by atoms with E-state index in [1.807, 2.05) is 13.8 Å². The van der Waals surface area contributed by atoms with Crippen molar-refractivity contribution in [3.8, 4) is 0 Å². The predicted octanol–water partition coefficient (Wildman–Crippen LogP) is 8.88. The van der Waals surface area contributed by atoms with Crippen molar-refractivity contribution in [3.05, 3.63) is 58.7 Å². The maximum absolute atomic E-state index is 12.6. The smallest absolute Gasteiger partial charge is 0.333 e. The minimum absolute atomic E-state index is 0.182. The molecule has 0 aromatic heterocycles. The average Bonchev–Trinajstić information content (AvgIpc) is 3.18. The zero-order chi connectivity index (χ0) is 22.8. The second kappa shape index (κ2) is 12.6.